The van der Waals surface area contributed by atoms with Crippen molar-refractivity contribution in [2.24, 2.45) is 0 Å². The van der Waals surface area contributed by atoms with Gasteiger partial charge in [-0.05, 0) is 23.8 Å². The Bertz CT molecular complexity index is 854. The van der Waals surface area contributed by atoms with Gasteiger partial charge in [-0.15, -0.1) is 0 Å². The fraction of sp³-hybridized carbons (Fsp3) is 0.150. The van der Waals surface area contributed by atoms with E-state index in [9.17, 15) is 9.59 Å². The number of nitriles is 1. The van der Waals surface area contributed by atoms with E-state index < -0.39 is 5.97 Å². The van der Waals surface area contributed by atoms with Gasteiger partial charge in [0.2, 0.25) is 0 Å². The first kappa shape index (κ1) is 18.7. The molecule has 26 heavy (non-hydrogen) atoms. The van der Waals surface area contributed by atoms with Crippen LogP contribution in [0.25, 0.3) is 0 Å². The lowest BCUT2D eigenvalue weighted by molar-refractivity contribution is -0.135. The van der Waals surface area contributed by atoms with E-state index in [0.29, 0.717) is 17.8 Å². The van der Waals surface area contributed by atoms with Crippen molar-refractivity contribution in [3.8, 4) is 6.07 Å². The third kappa shape index (κ3) is 4.95. The van der Waals surface area contributed by atoms with Crippen LogP contribution < -0.4 is 5.32 Å². The minimum atomic E-state index is -0.727. The van der Waals surface area contributed by atoms with E-state index in [2.05, 4.69) is 10.1 Å². The second kappa shape index (κ2) is 9.04. The Labute approximate surface area is 152 Å². The van der Waals surface area contributed by atoms with Gasteiger partial charge in [-0.3, -0.25) is 4.79 Å². The summed E-state index contributed by atoms with van der Waals surface area (Å²) in [5, 5.41) is 11.8. The molecular weight excluding hydrogens is 330 g/mol. The minimum absolute atomic E-state index is 0.130. The highest BCUT2D eigenvalue weighted by molar-refractivity contribution is 5.95. The van der Waals surface area contributed by atoms with Crippen molar-refractivity contribution in [2.45, 2.75) is 6.54 Å². The minimum Gasteiger partial charge on any atom is -0.465 e. The maximum Gasteiger partial charge on any atom is 0.350 e. The van der Waals surface area contributed by atoms with Gasteiger partial charge < -0.3 is 15.0 Å². The number of carbonyl (C=O) groups excluding carboxylic acids is 2. The van der Waals surface area contributed by atoms with Crippen LogP contribution in [0.15, 0.2) is 66.4 Å². The summed E-state index contributed by atoms with van der Waals surface area (Å²) in [6.07, 6.45) is 1.25. The zero-order valence-corrected chi connectivity index (χ0v) is 14.6. The van der Waals surface area contributed by atoms with Crippen molar-refractivity contribution in [1.82, 2.24) is 4.90 Å². The predicted molar refractivity (Wildman–Crippen MR) is 98.0 cm³/mol. The maximum atomic E-state index is 12.6. The molecular formula is C20H19N3O3. The van der Waals surface area contributed by atoms with Crippen molar-refractivity contribution in [2.75, 3.05) is 19.5 Å². The van der Waals surface area contributed by atoms with E-state index in [0.717, 1.165) is 5.56 Å². The summed E-state index contributed by atoms with van der Waals surface area (Å²) in [4.78, 5) is 25.6. The number of nitrogens with one attached hydrogen (secondary N) is 1. The van der Waals surface area contributed by atoms with Crippen LogP contribution in [0.2, 0.25) is 0 Å². The van der Waals surface area contributed by atoms with Gasteiger partial charge in [0.05, 0.1) is 7.11 Å². The smallest absolute Gasteiger partial charge is 0.350 e. The molecule has 132 valence electrons. The molecule has 0 atom stereocenters. The number of rotatable bonds is 6. The quantitative estimate of drug-likeness (QED) is 0.492. The number of hydrogen-bond donors (Lipinski definition) is 1. The van der Waals surface area contributed by atoms with Gasteiger partial charge in [0, 0.05) is 31.0 Å². The highest BCUT2D eigenvalue weighted by Gasteiger charge is 2.13. The van der Waals surface area contributed by atoms with E-state index in [-0.39, 0.29) is 11.5 Å². The average Bonchev–Trinajstić information content (AvgIpc) is 2.68. The first-order chi connectivity index (χ1) is 12.5. The lowest BCUT2D eigenvalue weighted by Crippen LogP contribution is -2.26. The number of anilines is 1. The van der Waals surface area contributed by atoms with Gasteiger partial charge in [0.15, 0.2) is 5.57 Å². The Morgan fingerprint density at radius 2 is 1.92 bits per heavy atom. The number of hydrogen-bond acceptors (Lipinski definition) is 5. The Balaban J connectivity index is 2.10. The number of carbonyl (C=O) groups is 2. The molecule has 2 rings (SSSR count). The third-order valence-corrected chi connectivity index (χ3v) is 3.63. The van der Waals surface area contributed by atoms with E-state index in [1.807, 2.05) is 30.3 Å². The number of ether oxygens (including phenoxy) is 1. The lowest BCUT2D eigenvalue weighted by Gasteiger charge is -2.17. The molecule has 0 unspecified atom stereocenters. The maximum absolute atomic E-state index is 12.6. The SMILES string of the molecule is COC(=O)/C(C#N)=C\Nc1cccc(C(=O)N(C)Cc2ccccc2)c1. The fourth-order valence-electron chi connectivity index (χ4n) is 2.29. The van der Waals surface area contributed by atoms with E-state index >= 15 is 0 Å². The zero-order chi connectivity index (χ0) is 18.9. The predicted octanol–water partition coefficient (Wildman–Crippen LogP) is 2.95. The van der Waals surface area contributed by atoms with Crippen LogP contribution in [0.1, 0.15) is 15.9 Å². The summed E-state index contributed by atoms with van der Waals surface area (Å²) in [5.41, 5.74) is 1.96. The largest absolute Gasteiger partial charge is 0.465 e. The molecule has 2 aromatic rings. The first-order valence-electron chi connectivity index (χ1n) is 7.89. The molecule has 6 nitrogen and oxygen atoms in total. The van der Waals surface area contributed by atoms with E-state index in [4.69, 9.17) is 5.26 Å². The number of nitrogens with zero attached hydrogens (tertiary/aromatic N) is 2. The molecule has 0 spiro atoms. The Kier molecular flexibility index (Phi) is 6.52. The number of amides is 1. The van der Waals surface area contributed by atoms with Crippen molar-refractivity contribution in [3.63, 3.8) is 0 Å². The molecule has 1 amide bonds. The number of benzene rings is 2. The second-order valence-corrected chi connectivity index (χ2v) is 5.53. The molecule has 1 N–H and O–H groups in total. The highest BCUT2D eigenvalue weighted by atomic mass is 16.5. The molecule has 0 radical (unpaired) electrons. The third-order valence-electron chi connectivity index (χ3n) is 3.63. The molecule has 0 saturated heterocycles. The summed E-state index contributed by atoms with van der Waals surface area (Å²) in [6.45, 7) is 0.498. The molecule has 0 saturated carbocycles. The molecule has 2 aromatic carbocycles. The van der Waals surface area contributed by atoms with Gasteiger partial charge in [-0.25, -0.2) is 4.79 Å². The average molecular weight is 349 g/mol. The molecule has 0 fully saturated rings. The fourth-order valence-corrected chi connectivity index (χ4v) is 2.29. The van der Waals surface area contributed by atoms with Crippen LogP contribution in [0, 0.1) is 11.3 Å². The van der Waals surface area contributed by atoms with Crippen molar-refractivity contribution in [1.29, 1.82) is 5.26 Å². The van der Waals surface area contributed by atoms with Crippen LogP contribution in [0.4, 0.5) is 5.69 Å². The van der Waals surface area contributed by atoms with Gasteiger partial charge >= 0.3 is 5.97 Å². The van der Waals surface area contributed by atoms with Crippen molar-refractivity contribution < 1.29 is 14.3 Å². The molecule has 6 heteroatoms. The number of esters is 1. The van der Waals surface area contributed by atoms with Crippen LogP contribution in [0.5, 0.6) is 0 Å². The normalized spacial score (nSPS) is 10.6. The topological polar surface area (TPSA) is 82.4 Å². The first-order valence-corrected chi connectivity index (χ1v) is 7.89. The number of methoxy groups -OCH3 is 1. The summed E-state index contributed by atoms with van der Waals surface area (Å²) in [6, 6.07) is 18.3. The van der Waals surface area contributed by atoms with Gasteiger partial charge in [-0.1, -0.05) is 36.4 Å². The van der Waals surface area contributed by atoms with Gasteiger partial charge in [0.1, 0.15) is 6.07 Å². The standard InChI is InChI=1S/C20H19N3O3/c1-23(14-15-7-4-3-5-8-15)19(24)16-9-6-10-18(11-16)22-13-17(12-21)20(25)26-2/h3-11,13,22H,14H2,1-2H3/b17-13-. The van der Waals surface area contributed by atoms with Crippen LogP contribution in [-0.2, 0) is 16.1 Å². The summed E-state index contributed by atoms with van der Waals surface area (Å²) < 4.78 is 4.51. The second-order valence-electron chi connectivity index (χ2n) is 5.53. The molecule has 0 aliphatic rings. The molecule has 0 heterocycles. The molecule has 0 aromatic heterocycles. The molecule has 0 bridgehead atoms. The van der Waals surface area contributed by atoms with E-state index in [1.54, 1.807) is 42.3 Å². The van der Waals surface area contributed by atoms with Crippen LogP contribution in [-0.4, -0.2) is 30.9 Å². The zero-order valence-electron chi connectivity index (χ0n) is 14.6. The molecule has 0 aliphatic carbocycles. The Morgan fingerprint density at radius 3 is 2.58 bits per heavy atom. The summed E-state index contributed by atoms with van der Waals surface area (Å²) >= 11 is 0. The molecule has 0 aliphatic heterocycles. The highest BCUT2D eigenvalue weighted by Crippen LogP contribution is 2.14. The van der Waals surface area contributed by atoms with Crippen molar-refractivity contribution in [3.05, 3.63) is 77.5 Å². The van der Waals surface area contributed by atoms with Crippen molar-refractivity contribution >= 4 is 17.6 Å². The van der Waals surface area contributed by atoms with Crippen LogP contribution >= 0.6 is 0 Å². The summed E-state index contributed by atoms with van der Waals surface area (Å²) in [5.74, 6) is -0.857. The van der Waals surface area contributed by atoms with Crippen LogP contribution in [0.3, 0.4) is 0 Å². The Hall–Kier alpha value is -3.59. The Morgan fingerprint density at radius 1 is 1.19 bits per heavy atom. The van der Waals surface area contributed by atoms with Gasteiger partial charge in [0.25, 0.3) is 5.91 Å². The lowest BCUT2D eigenvalue weighted by atomic mass is 10.1. The van der Waals surface area contributed by atoms with Gasteiger partial charge in [-0.2, -0.15) is 5.26 Å². The van der Waals surface area contributed by atoms with E-state index in [1.165, 1.54) is 13.3 Å². The monoisotopic (exact) mass is 349 g/mol. The summed E-state index contributed by atoms with van der Waals surface area (Å²) in [7, 11) is 2.94.